The molecule has 3 N–H and O–H groups in total. The fourth-order valence-electron chi connectivity index (χ4n) is 1.49. The molecule has 1 aromatic heterocycles. The van der Waals surface area contributed by atoms with Crippen LogP contribution in [0.1, 0.15) is 11.4 Å². The third-order valence-corrected chi connectivity index (χ3v) is 2.64. The van der Waals surface area contributed by atoms with E-state index in [0.717, 1.165) is 0 Å². The lowest BCUT2D eigenvalue weighted by Crippen LogP contribution is -2.14. The SMILES string of the molecule is NC(=S)c1ccc(NCCc2ncon2)c(F)c1F. The van der Waals surface area contributed by atoms with Crippen molar-refractivity contribution < 1.29 is 13.3 Å². The Bertz CT molecular complexity index is 589. The number of nitrogens with two attached hydrogens (primary N) is 1. The Balaban J connectivity index is 2.05. The monoisotopic (exact) mass is 284 g/mol. The minimum atomic E-state index is -1.06. The van der Waals surface area contributed by atoms with Gasteiger partial charge < -0.3 is 15.6 Å². The van der Waals surface area contributed by atoms with Gasteiger partial charge in [-0.2, -0.15) is 4.98 Å². The summed E-state index contributed by atoms with van der Waals surface area (Å²) in [5.74, 6) is -1.59. The van der Waals surface area contributed by atoms with Gasteiger partial charge >= 0.3 is 0 Å². The Morgan fingerprint density at radius 2 is 2.16 bits per heavy atom. The third kappa shape index (κ3) is 3.02. The molecule has 0 spiro atoms. The quantitative estimate of drug-likeness (QED) is 0.813. The summed E-state index contributed by atoms with van der Waals surface area (Å²) in [5.41, 5.74) is 5.19. The van der Waals surface area contributed by atoms with E-state index in [2.05, 4.69) is 32.2 Å². The summed E-state index contributed by atoms with van der Waals surface area (Å²) in [5, 5.41) is 6.33. The lowest BCUT2D eigenvalue weighted by molar-refractivity contribution is 0.410. The second-order valence-corrected chi connectivity index (χ2v) is 4.12. The Hall–Kier alpha value is -2.09. The highest BCUT2D eigenvalue weighted by molar-refractivity contribution is 7.80. The van der Waals surface area contributed by atoms with Crippen molar-refractivity contribution in [1.82, 2.24) is 10.1 Å². The molecule has 0 bridgehead atoms. The Morgan fingerprint density at radius 3 is 2.79 bits per heavy atom. The number of nitrogens with one attached hydrogen (secondary N) is 1. The number of anilines is 1. The minimum absolute atomic E-state index is 0.0287. The Labute approximate surface area is 112 Å². The molecule has 100 valence electrons. The van der Waals surface area contributed by atoms with Crippen molar-refractivity contribution in [1.29, 1.82) is 0 Å². The van der Waals surface area contributed by atoms with Crippen molar-refractivity contribution in [2.24, 2.45) is 5.73 Å². The lowest BCUT2D eigenvalue weighted by Gasteiger charge is -2.09. The molecule has 2 rings (SSSR count). The first kappa shape index (κ1) is 13.3. The number of thiocarbonyl (C=S) groups is 1. The fourth-order valence-corrected chi connectivity index (χ4v) is 1.65. The van der Waals surface area contributed by atoms with Gasteiger partial charge in [-0.15, -0.1) is 0 Å². The summed E-state index contributed by atoms with van der Waals surface area (Å²) in [6.07, 6.45) is 1.63. The van der Waals surface area contributed by atoms with E-state index in [1.54, 1.807) is 0 Å². The van der Waals surface area contributed by atoms with E-state index >= 15 is 0 Å². The van der Waals surface area contributed by atoms with Crippen LogP contribution >= 0.6 is 12.2 Å². The number of aromatic nitrogens is 2. The first-order valence-electron chi connectivity index (χ1n) is 5.36. The summed E-state index contributed by atoms with van der Waals surface area (Å²) in [7, 11) is 0. The van der Waals surface area contributed by atoms with Gasteiger partial charge in [0.1, 0.15) is 4.99 Å². The summed E-state index contributed by atoms with van der Waals surface area (Å²) in [6, 6.07) is 2.71. The number of hydrogen-bond acceptors (Lipinski definition) is 5. The van der Waals surface area contributed by atoms with Crippen LogP contribution in [0.25, 0.3) is 0 Å². The van der Waals surface area contributed by atoms with Gasteiger partial charge in [0.15, 0.2) is 17.5 Å². The van der Waals surface area contributed by atoms with Crippen LogP contribution in [-0.4, -0.2) is 21.7 Å². The minimum Gasteiger partial charge on any atom is -0.389 e. The molecule has 0 saturated heterocycles. The zero-order valence-corrected chi connectivity index (χ0v) is 10.5. The molecule has 0 fully saturated rings. The summed E-state index contributed by atoms with van der Waals surface area (Å²) >= 11 is 4.62. The van der Waals surface area contributed by atoms with Crippen LogP contribution < -0.4 is 11.1 Å². The summed E-state index contributed by atoms with van der Waals surface area (Å²) in [6.45, 7) is 0.336. The van der Waals surface area contributed by atoms with Gasteiger partial charge in [0.05, 0.1) is 5.69 Å². The summed E-state index contributed by atoms with van der Waals surface area (Å²) in [4.78, 5) is 3.62. The van der Waals surface area contributed by atoms with Crippen LogP contribution in [0.15, 0.2) is 23.0 Å². The van der Waals surface area contributed by atoms with Crippen LogP contribution in [-0.2, 0) is 6.42 Å². The average molecular weight is 284 g/mol. The zero-order chi connectivity index (χ0) is 13.8. The Morgan fingerprint density at radius 1 is 1.37 bits per heavy atom. The van der Waals surface area contributed by atoms with Gasteiger partial charge in [0.25, 0.3) is 0 Å². The molecule has 0 saturated carbocycles. The van der Waals surface area contributed by atoms with Crippen LogP contribution in [0.3, 0.4) is 0 Å². The maximum absolute atomic E-state index is 13.7. The molecule has 0 aliphatic carbocycles. The number of nitrogens with zero attached hydrogens (tertiary/aromatic N) is 2. The largest absolute Gasteiger partial charge is 0.389 e. The van der Waals surface area contributed by atoms with Gasteiger partial charge in [0, 0.05) is 18.5 Å². The van der Waals surface area contributed by atoms with Crippen LogP contribution in [0.4, 0.5) is 14.5 Å². The highest BCUT2D eigenvalue weighted by atomic mass is 32.1. The van der Waals surface area contributed by atoms with Crippen molar-refractivity contribution in [3.63, 3.8) is 0 Å². The number of halogens is 2. The molecular weight excluding hydrogens is 274 g/mol. The first-order chi connectivity index (χ1) is 9.09. The second-order valence-electron chi connectivity index (χ2n) is 3.68. The van der Waals surface area contributed by atoms with Gasteiger partial charge in [-0.05, 0) is 12.1 Å². The Kier molecular flexibility index (Phi) is 4.00. The van der Waals surface area contributed by atoms with Crippen molar-refractivity contribution in [3.05, 3.63) is 41.5 Å². The topological polar surface area (TPSA) is 77.0 Å². The molecule has 0 unspecified atom stereocenters. The molecule has 2 aromatic rings. The standard InChI is InChI=1S/C11H10F2N4OS/c12-9-6(11(14)19)1-2-7(10(9)13)15-4-3-8-16-5-18-17-8/h1-2,5,15H,3-4H2,(H2,14,19). The highest BCUT2D eigenvalue weighted by Crippen LogP contribution is 2.20. The van der Waals surface area contributed by atoms with Crippen LogP contribution in [0, 0.1) is 11.6 Å². The maximum atomic E-state index is 13.7. The molecule has 5 nitrogen and oxygen atoms in total. The molecule has 19 heavy (non-hydrogen) atoms. The predicted molar refractivity (Wildman–Crippen MR) is 68.7 cm³/mol. The van der Waals surface area contributed by atoms with Crippen molar-refractivity contribution in [3.8, 4) is 0 Å². The molecule has 8 heteroatoms. The van der Waals surface area contributed by atoms with Crippen molar-refractivity contribution >= 4 is 22.9 Å². The number of rotatable bonds is 5. The molecule has 0 aliphatic heterocycles. The number of benzene rings is 1. The third-order valence-electron chi connectivity index (χ3n) is 2.42. The van der Waals surface area contributed by atoms with E-state index < -0.39 is 11.6 Å². The molecule has 1 aromatic carbocycles. The van der Waals surface area contributed by atoms with Gasteiger partial charge in [0.2, 0.25) is 6.39 Å². The van der Waals surface area contributed by atoms with Crippen LogP contribution in [0.2, 0.25) is 0 Å². The van der Waals surface area contributed by atoms with Crippen molar-refractivity contribution in [2.75, 3.05) is 11.9 Å². The normalized spacial score (nSPS) is 10.4. The van der Waals surface area contributed by atoms with E-state index in [9.17, 15) is 8.78 Å². The van der Waals surface area contributed by atoms with E-state index in [-0.39, 0.29) is 16.2 Å². The van der Waals surface area contributed by atoms with E-state index in [4.69, 9.17) is 5.73 Å². The number of hydrogen-bond donors (Lipinski definition) is 2. The predicted octanol–water partition coefficient (Wildman–Crippen LogP) is 1.64. The van der Waals surface area contributed by atoms with Gasteiger partial charge in [-0.25, -0.2) is 8.78 Å². The van der Waals surface area contributed by atoms with Gasteiger partial charge in [-0.1, -0.05) is 17.4 Å². The fraction of sp³-hybridized carbons (Fsp3) is 0.182. The molecule has 0 aliphatic rings. The van der Waals surface area contributed by atoms with E-state index in [1.165, 1.54) is 18.5 Å². The van der Waals surface area contributed by atoms with Crippen LogP contribution in [0.5, 0.6) is 0 Å². The molecule has 1 heterocycles. The smallest absolute Gasteiger partial charge is 0.213 e. The highest BCUT2D eigenvalue weighted by Gasteiger charge is 2.14. The van der Waals surface area contributed by atoms with E-state index in [0.29, 0.717) is 18.8 Å². The second kappa shape index (κ2) is 5.70. The molecule has 0 radical (unpaired) electrons. The van der Waals surface area contributed by atoms with Crippen molar-refractivity contribution in [2.45, 2.75) is 6.42 Å². The first-order valence-corrected chi connectivity index (χ1v) is 5.77. The average Bonchev–Trinajstić information content (AvgIpc) is 2.87. The maximum Gasteiger partial charge on any atom is 0.213 e. The summed E-state index contributed by atoms with van der Waals surface area (Å²) < 4.78 is 31.8. The van der Waals surface area contributed by atoms with E-state index in [1.807, 2.05) is 0 Å². The molecule has 0 atom stereocenters. The zero-order valence-electron chi connectivity index (χ0n) is 9.69. The van der Waals surface area contributed by atoms with Gasteiger partial charge in [-0.3, -0.25) is 0 Å². The molecule has 0 amide bonds. The lowest BCUT2D eigenvalue weighted by atomic mass is 10.1. The molecular formula is C11H10F2N4OS.